The van der Waals surface area contributed by atoms with Gasteiger partial charge in [-0.1, -0.05) is 41.4 Å². The summed E-state index contributed by atoms with van der Waals surface area (Å²) in [6.45, 7) is 1.54. The molecule has 1 aliphatic heterocycles. The molecule has 1 aliphatic rings. The van der Waals surface area contributed by atoms with Crippen LogP contribution in [0.3, 0.4) is 0 Å². The average molecular weight is 389 g/mol. The van der Waals surface area contributed by atoms with E-state index in [2.05, 4.69) is 4.90 Å². The van der Waals surface area contributed by atoms with Crippen LogP contribution in [0, 0.1) is 0 Å². The van der Waals surface area contributed by atoms with Crippen molar-refractivity contribution in [2.75, 3.05) is 13.6 Å². The minimum absolute atomic E-state index is 0.0107. The molecule has 134 valence electrons. The third-order valence-electron chi connectivity index (χ3n) is 4.89. The lowest BCUT2D eigenvalue weighted by molar-refractivity contribution is 0.295. The topological polar surface area (TPSA) is 48.6 Å². The molecular weight excluding hydrogens is 371 g/mol. The number of hydrogen-bond acceptors (Lipinski definition) is 3. The Morgan fingerprint density at radius 2 is 1.65 bits per heavy atom. The molecule has 1 atom stereocenters. The zero-order valence-electron chi connectivity index (χ0n) is 14.2. The summed E-state index contributed by atoms with van der Waals surface area (Å²) in [5.41, 5.74) is 3.86. The number of halogens is 2. The van der Waals surface area contributed by atoms with E-state index in [0.29, 0.717) is 10.0 Å². The molecule has 1 aromatic heterocycles. The second-order valence-corrected chi connectivity index (χ2v) is 7.49. The van der Waals surface area contributed by atoms with Crippen LogP contribution < -0.4 is 0 Å². The number of aromatic nitrogens is 1. The Bertz CT molecular complexity index is 964. The second kappa shape index (κ2) is 6.54. The van der Waals surface area contributed by atoms with E-state index in [9.17, 15) is 10.2 Å². The first-order valence-corrected chi connectivity index (χ1v) is 9.06. The van der Waals surface area contributed by atoms with E-state index < -0.39 is 0 Å². The molecule has 0 amide bonds. The Hall–Kier alpha value is -2.14. The lowest BCUT2D eigenvalue weighted by atomic mass is 9.84. The highest BCUT2D eigenvalue weighted by molar-refractivity contribution is 6.35. The van der Waals surface area contributed by atoms with Crippen LogP contribution in [0.15, 0.2) is 48.5 Å². The maximum Gasteiger partial charge on any atom is 0.198 e. The van der Waals surface area contributed by atoms with Crippen molar-refractivity contribution < 1.29 is 10.2 Å². The molecule has 2 heterocycles. The largest absolute Gasteiger partial charge is 0.494 e. The number of nitrogens with zero attached hydrogens (tertiary/aromatic N) is 2. The fourth-order valence-corrected chi connectivity index (χ4v) is 4.33. The smallest absolute Gasteiger partial charge is 0.198 e. The van der Waals surface area contributed by atoms with Crippen LogP contribution in [-0.2, 0) is 6.54 Å². The summed E-state index contributed by atoms with van der Waals surface area (Å²) in [4.78, 5) is 2.21. The Labute approximate surface area is 161 Å². The maximum absolute atomic E-state index is 10.2. The Morgan fingerprint density at radius 1 is 0.962 bits per heavy atom. The third-order valence-corrected chi connectivity index (χ3v) is 5.44. The van der Waals surface area contributed by atoms with Gasteiger partial charge in [0, 0.05) is 41.2 Å². The molecule has 2 N–H and O–H groups in total. The van der Waals surface area contributed by atoms with Gasteiger partial charge in [0.25, 0.3) is 0 Å². The van der Waals surface area contributed by atoms with Crippen LogP contribution >= 0.6 is 23.2 Å². The number of rotatable bonds is 2. The zero-order chi connectivity index (χ0) is 18.4. The van der Waals surface area contributed by atoms with Crippen LogP contribution in [0.4, 0.5) is 0 Å². The van der Waals surface area contributed by atoms with Gasteiger partial charge in [-0.3, -0.25) is 4.57 Å². The van der Waals surface area contributed by atoms with Crippen LogP contribution in [0.1, 0.15) is 22.6 Å². The normalized spacial score (nSPS) is 17.3. The number of fused-ring (bicyclic) bond motifs is 1. The Balaban J connectivity index is 1.93. The summed E-state index contributed by atoms with van der Waals surface area (Å²) in [6, 6.07) is 14.4. The van der Waals surface area contributed by atoms with Crippen molar-refractivity contribution in [2.24, 2.45) is 0 Å². The molecule has 3 aromatic rings. The van der Waals surface area contributed by atoms with Gasteiger partial charge >= 0.3 is 0 Å². The first-order valence-electron chi connectivity index (χ1n) is 8.31. The Morgan fingerprint density at radius 3 is 2.38 bits per heavy atom. The molecule has 4 rings (SSSR count). The van der Waals surface area contributed by atoms with E-state index in [1.807, 2.05) is 37.4 Å². The number of para-hydroxylation sites is 1. The van der Waals surface area contributed by atoms with E-state index >= 15 is 0 Å². The van der Waals surface area contributed by atoms with Crippen LogP contribution in [-0.4, -0.2) is 33.3 Å². The Kier molecular flexibility index (Phi) is 4.35. The molecule has 0 radical (unpaired) electrons. The van der Waals surface area contributed by atoms with E-state index in [0.717, 1.165) is 35.5 Å². The molecule has 0 spiro atoms. The van der Waals surface area contributed by atoms with Crippen molar-refractivity contribution in [3.05, 3.63) is 75.3 Å². The highest BCUT2D eigenvalue weighted by atomic mass is 35.5. The van der Waals surface area contributed by atoms with Gasteiger partial charge in [-0.2, -0.15) is 0 Å². The quantitative estimate of drug-likeness (QED) is 0.664. The summed E-state index contributed by atoms with van der Waals surface area (Å²) in [7, 11) is 2.05. The minimum Gasteiger partial charge on any atom is -0.494 e. The summed E-state index contributed by atoms with van der Waals surface area (Å²) in [6.07, 6.45) is 0. The first kappa shape index (κ1) is 17.3. The highest BCUT2D eigenvalue weighted by Crippen LogP contribution is 2.41. The lowest BCUT2D eigenvalue weighted by Crippen LogP contribution is -2.31. The van der Waals surface area contributed by atoms with Gasteiger partial charge in [-0.05, 0) is 41.9 Å². The van der Waals surface area contributed by atoms with Gasteiger partial charge in [0.2, 0.25) is 0 Å². The summed E-state index contributed by atoms with van der Waals surface area (Å²) in [5, 5.41) is 21.7. The standard InChI is InChI=1S/C20H18Cl2N2O2/c1-23-10-15(14-8-12(21)9-17(22)16(14)11-23)13-4-2-3-5-18(13)24-19(25)6-7-20(24)26/h2-9,15,25-26H,10-11H2,1H3. The van der Waals surface area contributed by atoms with E-state index in [4.69, 9.17) is 23.2 Å². The maximum atomic E-state index is 10.2. The molecule has 1 unspecified atom stereocenters. The number of benzene rings is 2. The molecule has 0 aliphatic carbocycles. The molecule has 0 bridgehead atoms. The summed E-state index contributed by atoms with van der Waals surface area (Å²) in [5.74, 6) is -0.00993. The van der Waals surface area contributed by atoms with Crippen LogP contribution in [0.2, 0.25) is 10.0 Å². The average Bonchev–Trinajstić information content (AvgIpc) is 2.93. The van der Waals surface area contributed by atoms with E-state index in [1.54, 1.807) is 6.07 Å². The van der Waals surface area contributed by atoms with Gasteiger partial charge in [-0.25, -0.2) is 0 Å². The third kappa shape index (κ3) is 2.84. The fraction of sp³-hybridized carbons (Fsp3) is 0.200. The number of likely N-dealkylation sites (N-methyl/N-ethyl adjacent to an activating group) is 1. The molecule has 6 heteroatoms. The molecule has 0 saturated heterocycles. The van der Waals surface area contributed by atoms with Crippen molar-refractivity contribution in [1.29, 1.82) is 0 Å². The molecule has 4 nitrogen and oxygen atoms in total. The van der Waals surface area contributed by atoms with Crippen molar-refractivity contribution >= 4 is 23.2 Å². The minimum atomic E-state index is -0.0107. The van der Waals surface area contributed by atoms with Crippen LogP contribution in [0.25, 0.3) is 5.69 Å². The zero-order valence-corrected chi connectivity index (χ0v) is 15.7. The molecule has 2 aromatic carbocycles. The van der Waals surface area contributed by atoms with Gasteiger partial charge in [-0.15, -0.1) is 0 Å². The predicted octanol–water partition coefficient (Wildman–Crippen LogP) is 4.77. The van der Waals surface area contributed by atoms with Crippen LogP contribution in [0.5, 0.6) is 11.8 Å². The van der Waals surface area contributed by atoms with Crippen molar-refractivity contribution in [2.45, 2.75) is 12.5 Å². The SMILES string of the molecule is CN1Cc2c(Cl)cc(Cl)cc2C(c2ccccc2-n2c(O)ccc2O)C1. The predicted molar refractivity (Wildman–Crippen MR) is 104 cm³/mol. The van der Waals surface area contributed by atoms with Crippen molar-refractivity contribution in [3.63, 3.8) is 0 Å². The monoisotopic (exact) mass is 388 g/mol. The first-order chi connectivity index (χ1) is 12.5. The van der Waals surface area contributed by atoms with Gasteiger partial charge in [0.1, 0.15) is 0 Å². The van der Waals surface area contributed by atoms with Gasteiger partial charge in [0.05, 0.1) is 5.69 Å². The van der Waals surface area contributed by atoms with Crippen molar-refractivity contribution in [1.82, 2.24) is 9.47 Å². The molecular formula is C20H18Cl2N2O2. The van der Waals surface area contributed by atoms with Gasteiger partial charge < -0.3 is 15.1 Å². The second-order valence-electron chi connectivity index (χ2n) is 6.65. The fourth-order valence-electron chi connectivity index (χ4n) is 3.76. The van der Waals surface area contributed by atoms with E-state index in [1.165, 1.54) is 16.7 Å². The van der Waals surface area contributed by atoms with Gasteiger partial charge in [0.15, 0.2) is 11.8 Å². The lowest BCUT2D eigenvalue weighted by Gasteiger charge is -2.34. The molecule has 0 saturated carbocycles. The number of aromatic hydroxyl groups is 2. The summed E-state index contributed by atoms with van der Waals surface area (Å²) >= 11 is 12.7. The van der Waals surface area contributed by atoms with Crippen molar-refractivity contribution in [3.8, 4) is 17.4 Å². The highest BCUT2D eigenvalue weighted by Gasteiger charge is 2.29. The van der Waals surface area contributed by atoms with E-state index in [-0.39, 0.29) is 17.7 Å². The molecule has 0 fully saturated rings. The summed E-state index contributed by atoms with van der Waals surface area (Å²) < 4.78 is 1.44. The molecule has 26 heavy (non-hydrogen) atoms. The number of hydrogen-bond donors (Lipinski definition) is 2.